The van der Waals surface area contributed by atoms with Gasteiger partial charge in [0.25, 0.3) is 0 Å². The number of halogens is 3. The van der Waals surface area contributed by atoms with Crippen molar-refractivity contribution in [2.45, 2.75) is 6.18 Å². The number of nitrogens with two attached hydrogens (primary N) is 1. The molecule has 0 spiro atoms. The van der Waals surface area contributed by atoms with Crippen LogP contribution in [0, 0.1) is 0 Å². The van der Waals surface area contributed by atoms with E-state index in [2.05, 4.69) is 6.58 Å². The lowest BCUT2D eigenvalue weighted by molar-refractivity contribution is -0.137. The molecular weight excluding hydrogens is 257 g/mol. The average molecular weight is 272 g/mol. The molecule has 0 aliphatic carbocycles. The summed E-state index contributed by atoms with van der Waals surface area (Å²) in [6.45, 7) is 5.23. The molecule has 0 amide bonds. The molecule has 0 unspecified atom stereocenters. The zero-order chi connectivity index (χ0) is 14.0. The molecule has 6 heteroatoms. The molecule has 2 rings (SSSR count). The fourth-order valence-electron chi connectivity index (χ4n) is 2.04. The van der Waals surface area contributed by atoms with Gasteiger partial charge in [-0.15, -0.1) is 0 Å². The normalized spacial score (nSPS) is 16.5. The van der Waals surface area contributed by atoms with Crippen molar-refractivity contribution in [3.8, 4) is 0 Å². The SMILES string of the molecule is C=C(N)c1ccc(N2CCOCC2)c(C(F)(F)F)c1. The number of benzene rings is 1. The van der Waals surface area contributed by atoms with Gasteiger partial charge in [-0.25, -0.2) is 0 Å². The minimum absolute atomic E-state index is 0.124. The fourth-order valence-corrected chi connectivity index (χ4v) is 2.04. The van der Waals surface area contributed by atoms with E-state index in [0.717, 1.165) is 6.07 Å². The zero-order valence-electron chi connectivity index (χ0n) is 10.3. The van der Waals surface area contributed by atoms with Crippen LogP contribution in [-0.4, -0.2) is 26.3 Å². The second-order valence-electron chi connectivity index (χ2n) is 4.35. The van der Waals surface area contributed by atoms with Crippen molar-refractivity contribution in [2.24, 2.45) is 5.73 Å². The summed E-state index contributed by atoms with van der Waals surface area (Å²) in [5, 5.41) is 0. The van der Waals surface area contributed by atoms with Gasteiger partial charge in [0.1, 0.15) is 0 Å². The first-order valence-electron chi connectivity index (χ1n) is 5.88. The van der Waals surface area contributed by atoms with Gasteiger partial charge in [0.15, 0.2) is 0 Å². The van der Waals surface area contributed by atoms with Gasteiger partial charge < -0.3 is 15.4 Å². The summed E-state index contributed by atoms with van der Waals surface area (Å²) in [6, 6.07) is 4.05. The van der Waals surface area contributed by atoms with Crippen LogP contribution in [0.2, 0.25) is 0 Å². The molecule has 1 heterocycles. The van der Waals surface area contributed by atoms with Crippen LogP contribution in [0.1, 0.15) is 11.1 Å². The van der Waals surface area contributed by atoms with E-state index in [0.29, 0.717) is 31.9 Å². The number of rotatable bonds is 2. The molecule has 0 atom stereocenters. The highest BCUT2D eigenvalue weighted by molar-refractivity contribution is 5.66. The number of hydrogen-bond acceptors (Lipinski definition) is 3. The van der Waals surface area contributed by atoms with Gasteiger partial charge in [-0.1, -0.05) is 12.6 Å². The van der Waals surface area contributed by atoms with E-state index in [1.165, 1.54) is 6.07 Å². The second kappa shape index (κ2) is 5.13. The summed E-state index contributed by atoms with van der Waals surface area (Å²) in [6.07, 6.45) is -4.42. The topological polar surface area (TPSA) is 38.5 Å². The van der Waals surface area contributed by atoms with E-state index in [1.54, 1.807) is 11.0 Å². The highest BCUT2D eigenvalue weighted by atomic mass is 19.4. The number of anilines is 1. The van der Waals surface area contributed by atoms with Crippen LogP contribution >= 0.6 is 0 Å². The van der Waals surface area contributed by atoms with Crippen LogP contribution in [0.5, 0.6) is 0 Å². The maximum Gasteiger partial charge on any atom is 0.418 e. The van der Waals surface area contributed by atoms with Gasteiger partial charge in [0, 0.05) is 24.5 Å². The highest BCUT2D eigenvalue weighted by Gasteiger charge is 2.35. The van der Waals surface area contributed by atoms with Crippen molar-refractivity contribution < 1.29 is 17.9 Å². The lowest BCUT2D eigenvalue weighted by Crippen LogP contribution is -2.37. The summed E-state index contributed by atoms with van der Waals surface area (Å²) in [5.41, 5.74) is 5.36. The molecule has 1 aromatic rings. The predicted octanol–water partition coefficient (Wildman–Crippen LogP) is 2.47. The molecule has 3 nitrogen and oxygen atoms in total. The van der Waals surface area contributed by atoms with Gasteiger partial charge in [-0.05, 0) is 17.7 Å². The number of alkyl halides is 3. The van der Waals surface area contributed by atoms with Crippen LogP contribution in [-0.2, 0) is 10.9 Å². The standard InChI is InChI=1S/C13H15F3N2O/c1-9(17)10-2-3-12(11(8-10)13(14,15)16)18-4-6-19-7-5-18/h2-3,8H,1,4-7,17H2. The van der Waals surface area contributed by atoms with E-state index >= 15 is 0 Å². The van der Waals surface area contributed by atoms with Gasteiger partial charge in [0.2, 0.25) is 0 Å². The van der Waals surface area contributed by atoms with Crippen molar-refractivity contribution in [3.63, 3.8) is 0 Å². The Morgan fingerprint density at radius 3 is 2.42 bits per heavy atom. The molecule has 1 aliphatic heterocycles. The number of hydrogen-bond donors (Lipinski definition) is 1. The highest BCUT2D eigenvalue weighted by Crippen LogP contribution is 2.38. The smallest absolute Gasteiger partial charge is 0.399 e. The van der Waals surface area contributed by atoms with E-state index in [4.69, 9.17) is 10.5 Å². The van der Waals surface area contributed by atoms with E-state index in [1.807, 2.05) is 0 Å². The Balaban J connectivity index is 2.44. The van der Waals surface area contributed by atoms with Gasteiger partial charge in [-0.2, -0.15) is 13.2 Å². The fraction of sp³-hybridized carbons (Fsp3) is 0.385. The quantitative estimate of drug-likeness (QED) is 0.899. The Morgan fingerprint density at radius 2 is 1.89 bits per heavy atom. The third-order valence-electron chi connectivity index (χ3n) is 3.02. The molecule has 19 heavy (non-hydrogen) atoms. The molecule has 0 radical (unpaired) electrons. The zero-order valence-corrected chi connectivity index (χ0v) is 10.3. The van der Waals surface area contributed by atoms with Crippen molar-refractivity contribution in [2.75, 3.05) is 31.2 Å². The third kappa shape index (κ3) is 3.01. The van der Waals surface area contributed by atoms with E-state index in [-0.39, 0.29) is 11.4 Å². The largest absolute Gasteiger partial charge is 0.418 e. The summed E-state index contributed by atoms with van der Waals surface area (Å²) in [4.78, 5) is 1.68. The van der Waals surface area contributed by atoms with Crippen LogP contribution < -0.4 is 10.6 Å². The molecule has 1 aromatic carbocycles. The Kier molecular flexibility index (Phi) is 3.71. The molecule has 104 valence electrons. The van der Waals surface area contributed by atoms with Crippen LogP contribution in [0.25, 0.3) is 5.70 Å². The summed E-state index contributed by atoms with van der Waals surface area (Å²) >= 11 is 0. The molecule has 2 N–H and O–H groups in total. The lowest BCUT2D eigenvalue weighted by atomic mass is 10.1. The molecule has 1 saturated heterocycles. The predicted molar refractivity (Wildman–Crippen MR) is 67.7 cm³/mol. The number of morpholine rings is 1. The average Bonchev–Trinajstić information content (AvgIpc) is 2.38. The van der Waals surface area contributed by atoms with Crippen molar-refractivity contribution in [1.29, 1.82) is 0 Å². The maximum absolute atomic E-state index is 13.1. The summed E-state index contributed by atoms with van der Waals surface area (Å²) in [5.74, 6) is 0. The third-order valence-corrected chi connectivity index (χ3v) is 3.02. The molecular formula is C13H15F3N2O. The Bertz CT molecular complexity index is 479. The molecule has 0 bridgehead atoms. The van der Waals surface area contributed by atoms with Crippen molar-refractivity contribution in [1.82, 2.24) is 0 Å². The molecule has 0 aromatic heterocycles. The first kappa shape index (κ1) is 13.7. The van der Waals surface area contributed by atoms with Crippen LogP contribution in [0.4, 0.5) is 18.9 Å². The van der Waals surface area contributed by atoms with Gasteiger partial charge >= 0.3 is 6.18 Å². The van der Waals surface area contributed by atoms with Crippen molar-refractivity contribution >= 4 is 11.4 Å². The van der Waals surface area contributed by atoms with E-state index in [9.17, 15) is 13.2 Å². The lowest BCUT2D eigenvalue weighted by Gasteiger charge is -2.31. The molecule has 1 aliphatic rings. The minimum Gasteiger partial charge on any atom is -0.399 e. The minimum atomic E-state index is -4.42. The van der Waals surface area contributed by atoms with Crippen molar-refractivity contribution in [3.05, 3.63) is 35.9 Å². The van der Waals surface area contributed by atoms with Crippen LogP contribution in [0.15, 0.2) is 24.8 Å². The van der Waals surface area contributed by atoms with Gasteiger partial charge in [-0.3, -0.25) is 0 Å². The molecule has 0 saturated carbocycles. The Labute approximate surface area is 109 Å². The number of ether oxygens (including phenoxy) is 1. The van der Waals surface area contributed by atoms with Gasteiger partial charge in [0.05, 0.1) is 18.8 Å². The number of nitrogens with zero attached hydrogens (tertiary/aromatic N) is 1. The van der Waals surface area contributed by atoms with E-state index < -0.39 is 11.7 Å². The Morgan fingerprint density at radius 1 is 1.26 bits per heavy atom. The first-order valence-corrected chi connectivity index (χ1v) is 5.88. The van der Waals surface area contributed by atoms with Crippen LogP contribution in [0.3, 0.4) is 0 Å². The summed E-state index contributed by atoms with van der Waals surface area (Å²) < 4.78 is 44.5. The molecule has 1 fully saturated rings. The second-order valence-corrected chi connectivity index (χ2v) is 4.35. The monoisotopic (exact) mass is 272 g/mol. The Hall–Kier alpha value is -1.69. The summed E-state index contributed by atoms with van der Waals surface area (Å²) in [7, 11) is 0. The maximum atomic E-state index is 13.1. The first-order chi connectivity index (χ1) is 8.89.